The highest BCUT2D eigenvalue weighted by atomic mass is 16.2. The summed E-state index contributed by atoms with van der Waals surface area (Å²) in [6.45, 7) is 3.07. The number of nitrogens with zero attached hydrogens (tertiary/aromatic N) is 1. The first-order valence-electron chi connectivity index (χ1n) is 10.9. The second-order valence-electron chi connectivity index (χ2n) is 8.22. The van der Waals surface area contributed by atoms with E-state index in [4.69, 9.17) is 0 Å². The van der Waals surface area contributed by atoms with Crippen molar-refractivity contribution in [3.05, 3.63) is 59.9 Å². The molecule has 3 N–H and O–H groups in total. The third kappa shape index (κ3) is 7.20. The summed E-state index contributed by atoms with van der Waals surface area (Å²) in [5.41, 5.74) is 1.53. The molecule has 3 rings (SSSR count). The summed E-state index contributed by atoms with van der Waals surface area (Å²) in [7, 11) is 0. The van der Waals surface area contributed by atoms with Gasteiger partial charge in [0, 0.05) is 24.0 Å². The van der Waals surface area contributed by atoms with Crippen LogP contribution in [0.5, 0.6) is 0 Å². The molecule has 0 aliphatic heterocycles. The minimum absolute atomic E-state index is 0.284. The lowest BCUT2D eigenvalue weighted by Crippen LogP contribution is -2.36. The smallest absolute Gasteiger partial charge is 0.313 e. The van der Waals surface area contributed by atoms with Crippen molar-refractivity contribution in [2.24, 2.45) is 11.8 Å². The Morgan fingerprint density at radius 2 is 1.90 bits per heavy atom. The zero-order chi connectivity index (χ0) is 22.1. The van der Waals surface area contributed by atoms with Gasteiger partial charge in [-0.15, -0.1) is 0 Å². The van der Waals surface area contributed by atoms with E-state index < -0.39 is 11.8 Å². The Kier molecular flexibility index (Phi) is 8.15. The van der Waals surface area contributed by atoms with Crippen LogP contribution in [0.15, 0.2) is 48.7 Å². The number of anilines is 1. The molecule has 1 saturated carbocycles. The highest BCUT2D eigenvalue weighted by Crippen LogP contribution is 2.30. The number of aromatic nitrogens is 1. The van der Waals surface area contributed by atoms with Crippen molar-refractivity contribution in [3.63, 3.8) is 0 Å². The van der Waals surface area contributed by atoms with Crippen LogP contribution >= 0.6 is 0 Å². The fourth-order valence-electron chi connectivity index (χ4n) is 3.99. The molecular formula is C24H30N4O3. The summed E-state index contributed by atoms with van der Waals surface area (Å²) >= 11 is 0. The molecule has 0 spiro atoms. The fraction of sp³-hybridized carbons (Fsp3) is 0.417. The molecule has 31 heavy (non-hydrogen) atoms. The number of rotatable bonds is 7. The van der Waals surface area contributed by atoms with E-state index >= 15 is 0 Å². The summed E-state index contributed by atoms with van der Waals surface area (Å²) in [6.07, 6.45) is 7.48. The van der Waals surface area contributed by atoms with Crippen molar-refractivity contribution >= 4 is 23.4 Å². The van der Waals surface area contributed by atoms with Gasteiger partial charge in [-0.3, -0.25) is 19.4 Å². The van der Waals surface area contributed by atoms with E-state index in [2.05, 4.69) is 27.9 Å². The van der Waals surface area contributed by atoms with E-state index in [9.17, 15) is 14.4 Å². The summed E-state index contributed by atoms with van der Waals surface area (Å²) in [5.74, 6) is -0.315. The van der Waals surface area contributed by atoms with Crippen molar-refractivity contribution < 1.29 is 14.4 Å². The average Bonchev–Trinajstić information content (AvgIpc) is 2.78. The van der Waals surface area contributed by atoms with Gasteiger partial charge in [-0.25, -0.2) is 0 Å². The molecule has 0 radical (unpaired) electrons. The lowest BCUT2D eigenvalue weighted by molar-refractivity contribution is -0.136. The Balaban J connectivity index is 1.45. The van der Waals surface area contributed by atoms with Crippen molar-refractivity contribution in [3.8, 4) is 0 Å². The number of carbonyl (C=O) groups is 3. The topological polar surface area (TPSA) is 100 Å². The Hall–Kier alpha value is -3.22. The van der Waals surface area contributed by atoms with Gasteiger partial charge in [0.15, 0.2) is 0 Å². The highest BCUT2D eigenvalue weighted by molar-refractivity contribution is 6.39. The molecule has 2 unspecified atom stereocenters. The Labute approximate surface area is 183 Å². The Morgan fingerprint density at radius 3 is 2.68 bits per heavy atom. The molecule has 1 fully saturated rings. The van der Waals surface area contributed by atoms with Gasteiger partial charge in [0.25, 0.3) is 5.91 Å². The molecule has 2 aromatic rings. The maximum Gasteiger partial charge on any atom is 0.313 e. The van der Waals surface area contributed by atoms with Crippen LogP contribution in [-0.4, -0.2) is 29.3 Å². The van der Waals surface area contributed by atoms with Gasteiger partial charge in [-0.2, -0.15) is 0 Å². The number of amides is 3. The maximum atomic E-state index is 12.4. The maximum absolute atomic E-state index is 12.4. The number of benzene rings is 1. The number of hydrogen-bond donors (Lipinski definition) is 3. The zero-order valence-corrected chi connectivity index (χ0v) is 17.9. The molecule has 1 aliphatic rings. The molecule has 0 saturated heterocycles. The molecule has 3 amide bonds. The minimum Gasteiger partial charge on any atom is -0.348 e. The molecule has 2 atom stereocenters. The third-order valence-electron chi connectivity index (χ3n) is 5.63. The summed E-state index contributed by atoms with van der Waals surface area (Å²) in [6, 6.07) is 12.0. The van der Waals surface area contributed by atoms with Crippen LogP contribution in [0.25, 0.3) is 0 Å². The molecular weight excluding hydrogens is 392 g/mol. The van der Waals surface area contributed by atoms with Gasteiger partial charge < -0.3 is 16.0 Å². The normalized spacial score (nSPS) is 18.1. The predicted molar refractivity (Wildman–Crippen MR) is 119 cm³/mol. The van der Waals surface area contributed by atoms with Crippen LogP contribution in [-0.2, 0) is 16.1 Å². The van der Waals surface area contributed by atoms with Crippen molar-refractivity contribution in [1.29, 1.82) is 0 Å². The van der Waals surface area contributed by atoms with Crippen LogP contribution in [0.1, 0.15) is 55.1 Å². The minimum atomic E-state index is -0.733. The molecule has 1 aromatic heterocycles. The summed E-state index contributed by atoms with van der Waals surface area (Å²) in [5, 5.41) is 8.05. The largest absolute Gasteiger partial charge is 0.348 e. The van der Waals surface area contributed by atoms with Crippen molar-refractivity contribution in [1.82, 2.24) is 15.6 Å². The SMILES string of the molecule is CC1CCCC(CCNC(=O)C(=O)Nc2cccc(C(=O)NCc3ccccn3)c2)C1. The van der Waals surface area contributed by atoms with Crippen LogP contribution in [0.3, 0.4) is 0 Å². The van der Waals surface area contributed by atoms with E-state index in [0.717, 1.165) is 18.0 Å². The Bertz CT molecular complexity index is 901. The third-order valence-corrected chi connectivity index (χ3v) is 5.63. The summed E-state index contributed by atoms with van der Waals surface area (Å²) in [4.78, 5) is 40.9. The fourth-order valence-corrected chi connectivity index (χ4v) is 3.99. The quantitative estimate of drug-likeness (QED) is 0.596. The van der Waals surface area contributed by atoms with E-state index in [0.29, 0.717) is 30.3 Å². The van der Waals surface area contributed by atoms with E-state index in [1.54, 1.807) is 30.5 Å². The molecule has 0 bridgehead atoms. The number of pyridine rings is 1. The van der Waals surface area contributed by atoms with Crippen LogP contribution in [0.2, 0.25) is 0 Å². The molecule has 1 aliphatic carbocycles. The molecule has 7 heteroatoms. The standard InChI is InChI=1S/C24H30N4O3/c1-17-6-4-7-18(14-17)11-13-26-23(30)24(31)28-20-10-5-8-19(15-20)22(29)27-16-21-9-2-3-12-25-21/h2-3,5,8-10,12,15,17-18H,4,6-7,11,13-14,16H2,1H3,(H,26,30)(H,27,29)(H,28,31). The monoisotopic (exact) mass is 422 g/mol. The second kappa shape index (κ2) is 11.2. The van der Waals surface area contributed by atoms with Crippen LogP contribution < -0.4 is 16.0 Å². The second-order valence-corrected chi connectivity index (χ2v) is 8.22. The summed E-state index contributed by atoms with van der Waals surface area (Å²) < 4.78 is 0. The first-order chi connectivity index (χ1) is 15.0. The van der Waals surface area contributed by atoms with Crippen LogP contribution in [0, 0.1) is 11.8 Å². The number of hydrogen-bond acceptors (Lipinski definition) is 4. The first kappa shape index (κ1) is 22.5. The first-order valence-corrected chi connectivity index (χ1v) is 10.9. The van der Waals surface area contributed by atoms with Gasteiger partial charge in [-0.1, -0.05) is 38.3 Å². The van der Waals surface area contributed by atoms with Gasteiger partial charge >= 0.3 is 11.8 Å². The van der Waals surface area contributed by atoms with E-state index in [1.807, 2.05) is 18.2 Å². The van der Waals surface area contributed by atoms with Gasteiger partial charge in [-0.05, 0) is 55.0 Å². The lowest BCUT2D eigenvalue weighted by Gasteiger charge is -2.26. The molecule has 164 valence electrons. The van der Waals surface area contributed by atoms with Gasteiger partial charge in [0.1, 0.15) is 0 Å². The number of nitrogens with one attached hydrogen (secondary N) is 3. The molecule has 1 heterocycles. The predicted octanol–water partition coefficient (Wildman–Crippen LogP) is 3.28. The van der Waals surface area contributed by atoms with Crippen molar-refractivity contribution in [2.45, 2.75) is 45.6 Å². The lowest BCUT2D eigenvalue weighted by atomic mass is 9.81. The average molecular weight is 423 g/mol. The zero-order valence-electron chi connectivity index (χ0n) is 17.9. The van der Waals surface area contributed by atoms with E-state index in [-0.39, 0.29) is 5.91 Å². The molecule has 1 aromatic carbocycles. The van der Waals surface area contributed by atoms with Crippen LogP contribution in [0.4, 0.5) is 5.69 Å². The molecule has 7 nitrogen and oxygen atoms in total. The van der Waals surface area contributed by atoms with E-state index in [1.165, 1.54) is 25.7 Å². The Morgan fingerprint density at radius 1 is 1.03 bits per heavy atom. The van der Waals surface area contributed by atoms with Crippen molar-refractivity contribution in [2.75, 3.05) is 11.9 Å². The highest BCUT2D eigenvalue weighted by Gasteiger charge is 2.20. The van der Waals surface area contributed by atoms with Gasteiger partial charge in [0.2, 0.25) is 0 Å². The van der Waals surface area contributed by atoms with Gasteiger partial charge in [0.05, 0.1) is 12.2 Å². The number of carbonyl (C=O) groups excluding carboxylic acids is 3.